The van der Waals surface area contributed by atoms with Crippen LogP contribution in [0.2, 0.25) is 0 Å². The van der Waals surface area contributed by atoms with Crippen molar-refractivity contribution in [3.8, 4) is 16.3 Å². The minimum atomic E-state index is -3.69. The molecule has 0 fully saturated rings. The summed E-state index contributed by atoms with van der Waals surface area (Å²) in [5.74, 6) is -0.533. The van der Waals surface area contributed by atoms with Crippen molar-refractivity contribution in [1.82, 2.24) is 9.88 Å². The fourth-order valence-electron chi connectivity index (χ4n) is 4.46. The number of methoxy groups -OCH3 is 2. The van der Waals surface area contributed by atoms with Crippen LogP contribution in [0, 0.1) is 0 Å². The highest BCUT2D eigenvalue weighted by Crippen LogP contribution is 2.41. The number of nitrogens with zero attached hydrogens (tertiary/aromatic N) is 3. The van der Waals surface area contributed by atoms with E-state index in [-0.39, 0.29) is 18.9 Å². The molecule has 0 bridgehead atoms. The first-order chi connectivity index (χ1) is 18.0. The summed E-state index contributed by atoms with van der Waals surface area (Å²) in [7, 11) is -0.828. The number of aromatic nitrogens is 1. The number of esters is 1. The van der Waals surface area contributed by atoms with Gasteiger partial charge in [0, 0.05) is 38.0 Å². The molecule has 204 valence electrons. The number of sulfonamides is 1. The van der Waals surface area contributed by atoms with Crippen molar-refractivity contribution < 1.29 is 31.8 Å². The number of thiophene rings is 1. The van der Waals surface area contributed by atoms with Gasteiger partial charge >= 0.3 is 5.97 Å². The normalized spacial score (nSPS) is 18.9. The Morgan fingerprint density at radius 1 is 1.32 bits per heavy atom. The Bertz CT molecular complexity index is 1430. The van der Waals surface area contributed by atoms with Crippen LogP contribution in [0.15, 0.2) is 59.7 Å². The Labute approximate surface area is 225 Å². The third-order valence-electron chi connectivity index (χ3n) is 6.45. The van der Waals surface area contributed by atoms with E-state index in [1.165, 1.54) is 23.7 Å². The molecule has 0 N–H and O–H groups in total. The molecule has 1 atom stereocenters. The third-order valence-corrected chi connectivity index (χ3v) is 8.76. The lowest BCUT2D eigenvalue weighted by Gasteiger charge is -2.34. The fourth-order valence-corrected chi connectivity index (χ4v) is 6.36. The van der Waals surface area contributed by atoms with E-state index in [1.807, 2.05) is 17.9 Å². The molecule has 12 heteroatoms. The van der Waals surface area contributed by atoms with Crippen molar-refractivity contribution >= 4 is 33.0 Å². The smallest absolute Gasteiger partial charge is 0.351 e. The second kappa shape index (κ2) is 10.9. The average molecular weight is 564 g/mol. The van der Waals surface area contributed by atoms with Gasteiger partial charge in [0.1, 0.15) is 17.2 Å². The summed E-state index contributed by atoms with van der Waals surface area (Å²) >= 11 is 1.15. The zero-order valence-corrected chi connectivity index (χ0v) is 23.5. The van der Waals surface area contributed by atoms with Crippen molar-refractivity contribution in [3.05, 3.63) is 64.6 Å². The quantitative estimate of drug-likeness (QED) is 0.398. The minimum absolute atomic E-state index is 0.0790. The first-order valence-corrected chi connectivity index (χ1v) is 14.6. The van der Waals surface area contributed by atoms with E-state index in [2.05, 4.69) is 4.98 Å². The maximum Gasteiger partial charge on any atom is 0.351 e. The van der Waals surface area contributed by atoms with Gasteiger partial charge in [0.15, 0.2) is 4.88 Å². The van der Waals surface area contributed by atoms with Gasteiger partial charge in [-0.1, -0.05) is 6.08 Å². The summed E-state index contributed by atoms with van der Waals surface area (Å²) < 4.78 is 57.8. The summed E-state index contributed by atoms with van der Waals surface area (Å²) in [6, 6.07) is 4.93. The number of carbonyl (C=O) groups is 1. The molecule has 1 aliphatic heterocycles. The van der Waals surface area contributed by atoms with E-state index >= 15 is 0 Å². The van der Waals surface area contributed by atoms with Crippen molar-refractivity contribution in [1.29, 1.82) is 0 Å². The van der Waals surface area contributed by atoms with Crippen molar-refractivity contribution in [2.24, 2.45) is 0 Å². The molecule has 0 aromatic carbocycles. The minimum Gasteiger partial charge on any atom is -0.492 e. The molecule has 2 aromatic rings. The predicted molar refractivity (Wildman–Crippen MR) is 145 cm³/mol. The van der Waals surface area contributed by atoms with E-state index in [0.29, 0.717) is 45.7 Å². The zero-order chi connectivity index (χ0) is 27.7. The average Bonchev–Trinajstić information content (AvgIpc) is 3.51. The molecule has 0 saturated carbocycles. The first-order valence-electron chi connectivity index (χ1n) is 11.9. The maximum absolute atomic E-state index is 14.8. The number of pyridine rings is 1. The van der Waals surface area contributed by atoms with Gasteiger partial charge in [0.2, 0.25) is 10.0 Å². The van der Waals surface area contributed by atoms with E-state index in [1.54, 1.807) is 38.3 Å². The van der Waals surface area contributed by atoms with Crippen molar-refractivity contribution in [3.63, 3.8) is 0 Å². The lowest BCUT2D eigenvalue weighted by atomic mass is 9.89. The van der Waals surface area contributed by atoms with Crippen LogP contribution in [0.3, 0.4) is 0 Å². The van der Waals surface area contributed by atoms with E-state index < -0.39 is 21.6 Å². The van der Waals surface area contributed by atoms with Gasteiger partial charge in [-0.15, -0.1) is 11.3 Å². The summed E-state index contributed by atoms with van der Waals surface area (Å²) in [4.78, 5) is 19.3. The molecule has 0 spiro atoms. The Morgan fingerprint density at radius 3 is 2.74 bits per heavy atom. The number of carbonyl (C=O) groups excluding carboxylic acids is 1. The molecule has 1 aliphatic carbocycles. The molecule has 0 amide bonds. The van der Waals surface area contributed by atoms with E-state index in [9.17, 15) is 17.6 Å². The summed E-state index contributed by atoms with van der Waals surface area (Å²) in [6.45, 7) is 4.79. The van der Waals surface area contributed by atoms with Crippen LogP contribution in [-0.2, 0) is 19.5 Å². The van der Waals surface area contributed by atoms with Crippen LogP contribution in [0.1, 0.15) is 23.5 Å². The first kappa shape index (κ1) is 27.8. The number of hydrogen-bond donors (Lipinski definition) is 0. The molecular weight excluding hydrogens is 533 g/mol. The van der Waals surface area contributed by atoms with E-state index in [4.69, 9.17) is 14.2 Å². The van der Waals surface area contributed by atoms with Crippen LogP contribution in [0.25, 0.3) is 10.6 Å². The van der Waals surface area contributed by atoms with Gasteiger partial charge in [0.05, 0.1) is 48.5 Å². The largest absolute Gasteiger partial charge is 0.492 e. The van der Waals surface area contributed by atoms with Crippen LogP contribution < -0.4 is 9.04 Å². The van der Waals surface area contributed by atoms with Crippen molar-refractivity contribution in [2.45, 2.75) is 19.4 Å². The number of anilines is 1. The van der Waals surface area contributed by atoms with Crippen LogP contribution in [-0.4, -0.2) is 76.6 Å². The fraction of sp³-hybridized carbons (Fsp3) is 0.385. The molecule has 4 rings (SSSR count). The molecule has 9 nitrogen and oxygen atoms in total. The maximum atomic E-state index is 14.8. The number of ether oxygens (including phenoxy) is 3. The monoisotopic (exact) mass is 563 g/mol. The number of allylic oxidation sites excluding steroid dienone is 2. The van der Waals surface area contributed by atoms with Crippen molar-refractivity contribution in [2.75, 3.05) is 51.0 Å². The molecule has 2 aliphatic rings. The molecule has 0 saturated heterocycles. The Morgan fingerprint density at radius 2 is 2.08 bits per heavy atom. The van der Waals surface area contributed by atoms with Crippen LogP contribution in [0.5, 0.6) is 5.75 Å². The SMILES string of the molecule is CCOc1cc(-c2cc(N(CCN3CC=C4C3=C(F)C=CC4(C)OC)S(C)(=O)=O)ccn2)sc1C(=O)OC. The van der Waals surface area contributed by atoms with Gasteiger partial charge in [-0.25, -0.2) is 17.6 Å². The second-order valence-corrected chi connectivity index (χ2v) is 11.8. The van der Waals surface area contributed by atoms with Gasteiger partial charge in [-0.05, 0) is 38.1 Å². The third kappa shape index (κ3) is 5.33. The Balaban J connectivity index is 1.61. The molecule has 3 heterocycles. The Hall–Kier alpha value is -3.22. The standard InChI is InChI=1S/C26H30FN3O6S2/c1-6-36-21-16-22(37-24(21)25(31)34-3)20-15-17(8-11-28-20)30(38(5,32)33)14-13-29-12-9-18-23(29)19(27)7-10-26(18,2)35-4/h7-11,15-16H,6,12-14H2,1-5H3. The topological polar surface area (TPSA) is 98.3 Å². The van der Waals surface area contributed by atoms with Gasteiger partial charge in [0.25, 0.3) is 0 Å². The highest BCUT2D eigenvalue weighted by atomic mass is 32.2. The lowest BCUT2D eigenvalue weighted by Crippen LogP contribution is -2.39. The molecular formula is C26H30FN3O6S2. The summed E-state index contributed by atoms with van der Waals surface area (Å²) in [5.41, 5.74) is 1.26. The summed E-state index contributed by atoms with van der Waals surface area (Å²) in [5, 5.41) is 0. The molecule has 2 aromatic heterocycles. The molecule has 1 unspecified atom stereocenters. The predicted octanol–water partition coefficient (Wildman–Crippen LogP) is 4.16. The van der Waals surface area contributed by atoms with Crippen LogP contribution >= 0.6 is 11.3 Å². The zero-order valence-electron chi connectivity index (χ0n) is 21.9. The molecule has 0 radical (unpaired) electrons. The highest BCUT2D eigenvalue weighted by Gasteiger charge is 2.38. The van der Waals surface area contributed by atoms with Crippen LogP contribution in [0.4, 0.5) is 10.1 Å². The number of hydrogen-bond acceptors (Lipinski definition) is 9. The Kier molecular flexibility index (Phi) is 7.96. The second-order valence-electron chi connectivity index (χ2n) is 8.87. The number of halogens is 1. The van der Waals surface area contributed by atoms with E-state index in [0.717, 1.165) is 23.2 Å². The van der Waals surface area contributed by atoms with Gasteiger partial charge in [-0.3, -0.25) is 9.29 Å². The number of rotatable bonds is 10. The molecule has 38 heavy (non-hydrogen) atoms. The van der Waals surface area contributed by atoms with Gasteiger partial charge in [-0.2, -0.15) is 0 Å². The number of fused-ring (bicyclic) bond motifs is 1. The summed E-state index contributed by atoms with van der Waals surface area (Å²) in [6.07, 6.45) is 7.60. The lowest BCUT2D eigenvalue weighted by molar-refractivity contribution is 0.0602. The highest BCUT2D eigenvalue weighted by molar-refractivity contribution is 7.92. The van der Waals surface area contributed by atoms with Gasteiger partial charge < -0.3 is 19.1 Å².